The molecule has 0 radical (unpaired) electrons. The topological polar surface area (TPSA) is 52.6 Å². The summed E-state index contributed by atoms with van der Waals surface area (Å²) in [5.41, 5.74) is -1.63. The van der Waals surface area contributed by atoms with E-state index in [-0.39, 0.29) is 19.4 Å². The maximum absolute atomic E-state index is 13.9. The Labute approximate surface area is 209 Å². The summed E-state index contributed by atoms with van der Waals surface area (Å²) >= 11 is 0. The van der Waals surface area contributed by atoms with Gasteiger partial charge in [-0.1, -0.05) is 97.8 Å². The monoisotopic (exact) mass is 500 g/mol. The molecule has 0 aliphatic carbocycles. The lowest BCUT2D eigenvalue weighted by atomic mass is 9.82. The fourth-order valence-corrected chi connectivity index (χ4v) is 4.12. The minimum atomic E-state index is -1.74. The molecule has 0 saturated carbocycles. The zero-order valence-electron chi connectivity index (χ0n) is 21.7. The maximum Gasteiger partial charge on any atom is 0.328 e. The molecule has 0 aliphatic rings. The SMILES string of the molecule is CCCCCCCCCCCCCCCOC(=O)C(CC)(CC)C(=O)Oc1ccc(F)c(F)c1F. The van der Waals surface area contributed by atoms with Gasteiger partial charge < -0.3 is 9.47 Å². The van der Waals surface area contributed by atoms with Crippen LogP contribution in [-0.4, -0.2) is 18.5 Å². The molecule has 7 heteroatoms. The van der Waals surface area contributed by atoms with E-state index in [0.29, 0.717) is 12.5 Å². The number of rotatable bonds is 19. The highest BCUT2D eigenvalue weighted by Crippen LogP contribution is 2.32. The van der Waals surface area contributed by atoms with Crippen molar-refractivity contribution in [2.24, 2.45) is 5.41 Å². The predicted molar refractivity (Wildman–Crippen MR) is 132 cm³/mol. The van der Waals surface area contributed by atoms with Gasteiger partial charge >= 0.3 is 11.9 Å². The number of ether oxygens (including phenoxy) is 2. The van der Waals surface area contributed by atoms with Crippen molar-refractivity contribution < 1.29 is 32.2 Å². The second-order valence-corrected chi connectivity index (χ2v) is 9.23. The summed E-state index contributed by atoms with van der Waals surface area (Å²) in [5.74, 6) is -7.28. The number of unbranched alkanes of at least 4 members (excludes halogenated alkanes) is 12. The van der Waals surface area contributed by atoms with E-state index in [1.54, 1.807) is 13.8 Å². The molecule has 0 bridgehead atoms. The van der Waals surface area contributed by atoms with Crippen molar-refractivity contribution >= 4 is 11.9 Å². The Kier molecular flexibility index (Phi) is 15.4. The smallest absolute Gasteiger partial charge is 0.328 e. The number of esters is 2. The van der Waals surface area contributed by atoms with Crippen LogP contribution in [0.25, 0.3) is 0 Å². The van der Waals surface area contributed by atoms with Crippen LogP contribution in [0.15, 0.2) is 12.1 Å². The van der Waals surface area contributed by atoms with Gasteiger partial charge in [0.15, 0.2) is 22.8 Å². The Balaban J connectivity index is 2.33. The summed E-state index contributed by atoms with van der Waals surface area (Å²) in [6.45, 7) is 5.66. The molecule has 0 saturated heterocycles. The average Bonchev–Trinajstić information content (AvgIpc) is 2.85. The van der Waals surface area contributed by atoms with Gasteiger partial charge in [0.25, 0.3) is 0 Å². The molecular weight excluding hydrogens is 457 g/mol. The van der Waals surface area contributed by atoms with Gasteiger partial charge in [-0.05, 0) is 31.4 Å². The van der Waals surface area contributed by atoms with Crippen LogP contribution in [0, 0.1) is 22.9 Å². The van der Waals surface area contributed by atoms with E-state index in [2.05, 4.69) is 6.92 Å². The summed E-state index contributed by atoms with van der Waals surface area (Å²) in [7, 11) is 0. The fourth-order valence-electron chi connectivity index (χ4n) is 4.12. The van der Waals surface area contributed by atoms with Gasteiger partial charge in [0.1, 0.15) is 0 Å². The predicted octanol–water partition coefficient (Wildman–Crippen LogP) is 8.45. The summed E-state index contributed by atoms with van der Waals surface area (Å²) in [4.78, 5) is 25.5. The van der Waals surface area contributed by atoms with E-state index in [4.69, 9.17) is 9.47 Å². The molecule has 0 aromatic heterocycles. The van der Waals surface area contributed by atoms with Crippen molar-refractivity contribution in [2.45, 2.75) is 117 Å². The van der Waals surface area contributed by atoms with E-state index in [1.165, 1.54) is 57.8 Å². The normalized spacial score (nSPS) is 11.5. The lowest BCUT2D eigenvalue weighted by Crippen LogP contribution is -2.42. The summed E-state index contributed by atoms with van der Waals surface area (Å²) in [6, 6.07) is 1.48. The Morgan fingerprint density at radius 2 is 1.17 bits per heavy atom. The molecule has 0 N–H and O–H groups in total. The Bertz CT molecular complexity index is 763. The van der Waals surface area contributed by atoms with Gasteiger partial charge in [0.05, 0.1) is 6.61 Å². The minimum absolute atomic E-state index is 0.0745. The van der Waals surface area contributed by atoms with Crippen LogP contribution >= 0.6 is 0 Å². The van der Waals surface area contributed by atoms with Crippen molar-refractivity contribution in [1.29, 1.82) is 0 Å². The summed E-state index contributed by atoms with van der Waals surface area (Å²) in [6.07, 6.45) is 15.8. The first kappa shape index (κ1) is 31.0. The Hall–Kier alpha value is -2.05. The molecule has 0 spiro atoms. The Morgan fingerprint density at radius 1 is 0.686 bits per heavy atom. The van der Waals surface area contributed by atoms with E-state index in [9.17, 15) is 22.8 Å². The van der Waals surface area contributed by atoms with Gasteiger partial charge in [-0.15, -0.1) is 0 Å². The number of carbonyl (C=O) groups excluding carboxylic acids is 2. The third kappa shape index (κ3) is 10.2. The summed E-state index contributed by atoms with van der Waals surface area (Å²) in [5, 5.41) is 0. The lowest BCUT2D eigenvalue weighted by molar-refractivity contribution is -0.168. The highest BCUT2D eigenvalue weighted by Gasteiger charge is 2.46. The minimum Gasteiger partial charge on any atom is -0.465 e. The molecule has 1 aromatic carbocycles. The number of benzene rings is 1. The van der Waals surface area contributed by atoms with Crippen LogP contribution in [-0.2, 0) is 14.3 Å². The largest absolute Gasteiger partial charge is 0.465 e. The maximum atomic E-state index is 13.9. The van der Waals surface area contributed by atoms with E-state index in [1.807, 2.05) is 0 Å². The average molecular weight is 501 g/mol. The molecule has 0 heterocycles. The molecule has 0 amide bonds. The van der Waals surface area contributed by atoms with E-state index >= 15 is 0 Å². The molecule has 0 fully saturated rings. The molecule has 35 heavy (non-hydrogen) atoms. The van der Waals surface area contributed by atoms with Gasteiger partial charge in [0.2, 0.25) is 5.82 Å². The molecule has 4 nitrogen and oxygen atoms in total. The second-order valence-electron chi connectivity index (χ2n) is 9.23. The van der Waals surface area contributed by atoms with Crippen molar-refractivity contribution in [3.05, 3.63) is 29.6 Å². The number of halogens is 3. The highest BCUT2D eigenvalue weighted by molar-refractivity contribution is 6.00. The van der Waals surface area contributed by atoms with Gasteiger partial charge in [0, 0.05) is 0 Å². The summed E-state index contributed by atoms with van der Waals surface area (Å²) < 4.78 is 50.8. The molecular formula is C28H43F3O4. The quantitative estimate of drug-likeness (QED) is 0.0629. The lowest BCUT2D eigenvalue weighted by Gasteiger charge is -2.26. The molecule has 1 rings (SSSR count). The van der Waals surface area contributed by atoms with E-state index in [0.717, 1.165) is 25.3 Å². The van der Waals surface area contributed by atoms with Crippen molar-refractivity contribution in [1.82, 2.24) is 0 Å². The number of carbonyl (C=O) groups is 2. The van der Waals surface area contributed by atoms with Crippen LogP contribution in [0.1, 0.15) is 117 Å². The van der Waals surface area contributed by atoms with Gasteiger partial charge in [-0.2, -0.15) is 4.39 Å². The van der Waals surface area contributed by atoms with Crippen LogP contribution in [0.4, 0.5) is 13.2 Å². The first-order chi connectivity index (χ1) is 16.8. The second kappa shape index (κ2) is 17.4. The first-order valence-corrected chi connectivity index (χ1v) is 13.4. The van der Waals surface area contributed by atoms with E-state index < -0.39 is 40.6 Å². The van der Waals surface area contributed by atoms with Crippen LogP contribution in [0.3, 0.4) is 0 Å². The third-order valence-electron chi connectivity index (χ3n) is 6.67. The third-order valence-corrected chi connectivity index (χ3v) is 6.67. The zero-order chi connectivity index (χ0) is 26.1. The van der Waals surface area contributed by atoms with Crippen molar-refractivity contribution in [2.75, 3.05) is 6.61 Å². The zero-order valence-corrected chi connectivity index (χ0v) is 21.7. The molecule has 200 valence electrons. The van der Waals surface area contributed by atoms with Gasteiger partial charge in [-0.3, -0.25) is 9.59 Å². The van der Waals surface area contributed by atoms with Crippen LogP contribution in [0.5, 0.6) is 5.75 Å². The fraction of sp³-hybridized carbons (Fsp3) is 0.714. The van der Waals surface area contributed by atoms with Gasteiger partial charge in [-0.25, -0.2) is 8.78 Å². The molecule has 1 aromatic rings. The van der Waals surface area contributed by atoms with Crippen LogP contribution < -0.4 is 4.74 Å². The molecule has 0 unspecified atom stereocenters. The standard InChI is InChI=1S/C28H43F3O4/c1-4-7-8-9-10-11-12-13-14-15-16-17-18-21-34-26(32)28(5-2,6-3)27(33)35-23-20-19-22(29)24(30)25(23)31/h19-20H,4-18,21H2,1-3H3. The highest BCUT2D eigenvalue weighted by atomic mass is 19.2. The molecule has 0 aliphatic heterocycles. The van der Waals surface area contributed by atoms with Crippen LogP contribution in [0.2, 0.25) is 0 Å². The van der Waals surface area contributed by atoms with Crippen molar-refractivity contribution in [3.8, 4) is 5.75 Å². The Morgan fingerprint density at radius 3 is 1.66 bits per heavy atom. The number of hydrogen-bond donors (Lipinski definition) is 0. The first-order valence-electron chi connectivity index (χ1n) is 13.4. The number of hydrogen-bond acceptors (Lipinski definition) is 4. The van der Waals surface area contributed by atoms with Crippen molar-refractivity contribution in [3.63, 3.8) is 0 Å². The molecule has 0 atom stereocenters.